The Balaban J connectivity index is 1.44. The number of aryl methyl sites for hydroxylation is 1. The van der Waals surface area contributed by atoms with Crippen LogP contribution in [0.2, 0.25) is 0 Å². The zero-order chi connectivity index (χ0) is 26.4. The summed E-state index contributed by atoms with van der Waals surface area (Å²) in [6, 6.07) is 20.4. The Labute approximate surface area is 233 Å². The maximum Gasteiger partial charge on any atom is 0.293 e. The predicted octanol–water partition coefficient (Wildman–Crippen LogP) is 6.25. The standard InChI is InChI=1S/C28H25IN2O5S/c1-3-35-24-14-20(9-12-23(24)36-17-26(32)30-22-6-4-5-18(2)13-22)15-25-27(33)31(28(34)37-25)16-19-7-10-21(29)11-8-19/h4-15H,3,16-17H2,1-2H3,(H,30,32)/b25-15-. The van der Waals surface area contributed by atoms with Crippen LogP contribution in [0.25, 0.3) is 6.08 Å². The molecule has 1 saturated heterocycles. The first-order valence-electron chi connectivity index (χ1n) is 11.6. The molecule has 0 bridgehead atoms. The lowest BCUT2D eigenvalue weighted by Gasteiger charge is -2.13. The van der Waals surface area contributed by atoms with Gasteiger partial charge in [-0.3, -0.25) is 19.3 Å². The van der Waals surface area contributed by atoms with Gasteiger partial charge in [-0.05, 0) is 107 Å². The van der Waals surface area contributed by atoms with E-state index in [0.29, 0.717) is 34.3 Å². The molecular weight excluding hydrogens is 603 g/mol. The summed E-state index contributed by atoms with van der Waals surface area (Å²) < 4.78 is 12.5. The molecule has 1 fully saturated rings. The fourth-order valence-corrected chi connectivity index (χ4v) is 4.82. The molecule has 0 radical (unpaired) electrons. The van der Waals surface area contributed by atoms with Gasteiger partial charge in [0.2, 0.25) is 0 Å². The summed E-state index contributed by atoms with van der Waals surface area (Å²) in [6.45, 7) is 4.22. The number of halogens is 1. The van der Waals surface area contributed by atoms with Gasteiger partial charge in [0.15, 0.2) is 18.1 Å². The molecule has 3 aromatic rings. The average molecular weight is 628 g/mol. The number of benzene rings is 3. The molecule has 0 aromatic heterocycles. The van der Waals surface area contributed by atoms with E-state index < -0.39 is 0 Å². The van der Waals surface area contributed by atoms with Gasteiger partial charge < -0.3 is 14.8 Å². The Hall–Kier alpha value is -3.31. The van der Waals surface area contributed by atoms with Gasteiger partial charge in [0.25, 0.3) is 17.1 Å². The normalized spacial score (nSPS) is 14.2. The number of amides is 3. The first-order valence-corrected chi connectivity index (χ1v) is 13.5. The van der Waals surface area contributed by atoms with E-state index in [1.807, 2.05) is 62.4 Å². The molecule has 37 heavy (non-hydrogen) atoms. The smallest absolute Gasteiger partial charge is 0.293 e. The van der Waals surface area contributed by atoms with Crippen LogP contribution in [0.4, 0.5) is 10.5 Å². The molecule has 3 amide bonds. The summed E-state index contributed by atoms with van der Waals surface area (Å²) in [5.74, 6) is 0.224. The second-order valence-electron chi connectivity index (χ2n) is 8.24. The van der Waals surface area contributed by atoms with Crippen molar-refractivity contribution in [3.05, 3.63) is 91.9 Å². The van der Waals surface area contributed by atoms with Gasteiger partial charge in [0, 0.05) is 9.26 Å². The minimum atomic E-state index is -0.334. The van der Waals surface area contributed by atoms with E-state index in [1.165, 1.54) is 4.90 Å². The molecule has 1 heterocycles. The molecular formula is C28H25IN2O5S. The highest BCUT2D eigenvalue weighted by Gasteiger charge is 2.35. The van der Waals surface area contributed by atoms with Crippen molar-refractivity contribution in [2.45, 2.75) is 20.4 Å². The number of imide groups is 1. The zero-order valence-corrected chi connectivity index (χ0v) is 23.3. The second-order valence-corrected chi connectivity index (χ2v) is 10.5. The van der Waals surface area contributed by atoms with Gasteiger partial charge in [-0.15, -0.1) is 0 Å². The van der Waals surface area contributed by atoms with Crippen molar-refractivity contribution in [2.24, 2.45) is 0 Å². The second kappa shape index (κ2) is 12.3. The van der Waals surface area contributed by atoms with E-state index in [-0.39, 0.29) is 30.2 Å². The number of anilines is 1. The van der Waals surface area contributed by atoms with Crippen molar-refractivity contribution in [3.63, 3.8) is 0 Å². The predicted molar refractivity (Wildman–Crippen MR) is 154 cm³/mol. The Morgan fingerprint density at radius 3 is 2.54 bits per heavy atom. The molecule has 0 unspecified atom stereocenters. The highest BCUT2D eigenvalue weighted by Crippen LogP contribution is 2.35. The molecule has 0 atom stereocenters. The minimum Gasteiger partial charge on any atom is -0.490 e. The van der Waals surface area contributed by atoms with E-state index in [4.69, 9.17) is 9.47 Å². The fraction of sp³-hybridized carbons (Fsp3) is 0.179. The SMILES string of the molecule is CCOc1cc(/C=C2\SC(=O)N(Cc3ccc(I)cc3)C2=O)ccc1OCC(=O)Nc1cccc(C)c1. The molecule has 1 N–H and O–H groups in total. The lowest BCUT2D eigenvalue weighted by atomic mass is 10.1. The highest BCUT2D eigenvalue weighted by molar-refractivity contribution is 14.1. The Morgan fingerprint density at radius 1 is 1.03 bits per heavy atom. The van der Waals surface area contributed by atoms with Gasteiger partial charge in [-0.1, -0.05) is 30.3 Å². The average Bonchev–Trinajstić information content (AvgIpc) is 3.12. The van der Waals surface area contributed by atoms with Gasteiger partial charge in [0.1, 0.15) is 0 Å². The summed E-state index contributed by atoms with van der Waals surface area (Å²) in [6.07, 6.45) is 1.66. The van der Waals surface area contributed by atoms with Crippen LogP contribution in [0.5, 0.6) is 11.5 Å². The van der Waals surface area contributed by atoms with E-state index in [1.54, 1.807) is 24.3 Å². The molecule has 9 heteroatoms. The Kier molecular flexibility index (Phi) is 8.88. The van der Waals surface area contributed by atoms with Crippen molar-refractivity contribution >= 4 is 63.2 Å². The maximum atomic E-state index is 12.9. The number of nitrogens with zero attached hydrogens (tertiary/aromatic N) is 1. The van der Waals surface area contributed by atoms with Crippen molar-refractivity contribution in [1.82, 2.24) is 4.90 Å². The molecule has 4 rings (SSSR count). The van der Waals surface area contributed by atoms with Crippen LogP contribution < -0.4 is 14.8 Å². The molecule has 1 aliphatic rings. The van der Waals surface area contributed by atoms with Crippen LogP contribution in [-0.4, -0.2) is 35.2 Å². The Bertz CT molecular complexity index is 1360. The van der Waals surface area contributed by atoms with E-state index in [0.717, 1.165) is 26.5 Å². The number of carbonyl (C=O) groups is 3. The molecule has 3 aromatic carbocycles. The number of carbonyl (C=O) groups excluding carboxylic acids is 3. The number of ether oxygens (including phenoxy) is 2. The third-order valence-corrected chi connectivity index (χ3v) is 6.98. The molecule has 0 spiro atoms. The third-order valence-electron chi connectivity index (χ3n) is 5.35. The summed E-state index contributed by atoms with van der Waals surface area (Å²) in [7, 11) is 0. The lowest BCUT2D eigenvalue weighted by Crippen LogP contribution is -2.27. The quantitative estimate of drug-likeness (QED) is 0.223. The first kappa shape index (κ1) is 26.7. The van der Waals surface area contributed by atoms with Crippen LogP contribution in [0.3, 0.4) is 0 Å². The lowest BCUT2D eigenvalue weighted by molar-refractivity contribution is -0.123. The topological polar surface area (TPSA) is 84.9 Å². The summed E-state index contributed by atoms with van der Waals surface area (Å²) in [5.41, 5.74) is 3.31. The van der Waals surface area contributed by atoms with Crippen molar-refractivity contribution in [2.75, 3.05) is 18.5 Å². The van der Waals surface area contributed by atoms with Crippen LogP contribution >= 0.6 is 34.4 Å². The number of hydrogen-bond donors (Lipinski definition) is 1. The monoisotopic (exact) mass is 628 g/mol. The molecule has 0 aliphatic carbocycles. The number of nitrogens with one attached hydrogen (secondary N) is 1. The first-order chi connectivity index (χ1) is 17.8. The van der Waals surface area contributed by atoms with Gasteiger partial charge in [-0.2, -0.15) is 0 Å². The summed E-state index contributed by atoms with van der Waals surface area (Å²) in [4.78, 5) is 39.4. The fourth-order valence-electron chi connectivity index (χ4n) is 3.63. The van der Waals surface area contributed by atoms with Crippen molar-refractivity contribution in [1.29, 1.82) is 0 Å². The van der Waals surface area contributed by atoms with Crippen LogP contribution in [0.15, 0.2) is 71.6 Å². The zero-order valence-electron chi connectivity index (χ0n) is 20.3. The molecule has 1 aliphatic heterocycles. The van der Waals surface area contributed by atoms with Crippen LogP contribution in [-0.2, 0) is 16.1 Å². The van der Waals surface area contributed by atoms with Crippen LogP contribution in [0.1, 0.15) is 23.6 Å². The molecule has 7 nitrogen and oxygen atoms in total. The van der Waals surface area contributed by atoms with Crippen LogP contribution in [0, 0.1) is 10.5 Å². The van der Waals surface area contributed by atoms with Gasteiger partial charge in [-0.25, -0.2) is 0 Å². The largest absolute Gasteiger partial charge is 0.490 e. The Morgan fingerprint density at radius 2 is 1.81 bits per heavy atom. The van der Waals surface area contributed by atoms with E-state index >= 15 is 0 Å². The van der Waals surface area contributed by atoms with E-state index in [9.17, 15) is 14.4 Å². The van der Waals surface area contributed by atoms with Crippen molar-refractivity contribution < 1.29 is 23.9 Å². The summed E-state index contributed by atoms with van der Waals surface area (Å²) in [5, 5.41) is 2.50. The third kappa shape index (κ3) is 7.14. The van der Waals surface area contributed by atoms with Gasteiger partial charge >= 0.3 is 0 Å². The van der Waals surface area contributed by atoms with E-state index in [2.05, 4.69) is 27.9 Å². The van der Waals surface area contributed by atoms with Crippen molar-refractivity contribution in [3.8, 4) is 11.5 Å². The maximum absolute atomic E-state index is 12.9. The number of rotatable bonds is 9. The summed E-state index contributed by atoms with van der Waals surface area (Å²) >= 11 is 3.12. The molecule has 0 saturated carbocycles. The highest BCUT2D eigenvalue weighted by atomic mass is 127. The number of thioether (sulfide) groups is 1. The number of hydrogen-bond acceptors (Lipinski definition) is 6. The minimum absolute atomic E-state index is 0.190. The van der Waals surface area contributed by atoms with Gasteiger partial charge in [0.05, 0.1) is 18.1 Å². The molecule has 190 valence electrons.